The summed E-state index contributed by atoms with van der Waals surface area (Å²) in [4.78, 5) is 0. The van der Waals surface area contributed by atoms with Crippen molar-refractivity contribution in [2.24, 2.45) is 0 Å². The molecule has 0 amide bonds. The van der Waals surface area contributed by atoms with Crippen LogP contribution in [0.15, 0.2) is 0 Å². The number of nitrogens with one attached hydrogen (secondary N) is 1. The second-order valence-electron chi connectivity index (χ2n) is 2.14. The summed E-state index contributed by atoms with van der Waals surface area (Å²) in [5.41, 5.74) is 0. The molecule has 3 heteroatoms. The van der Waals surface area contributed by atoms with Crippen LogP contribution in [0.2, 0.25) is 0 Å². The van der Waals surface area contributed by atoms with Crippen molar-refractivity contribution >= 4 is 0 Å². The number of nitrogens with zero attached hydrogens (tertiary/aromatic N) is 1. The summed E-state index contributed by atoms with van der Waals surface area (Å²) in [6, 6.07) is 0.365. The van der Waals surface area contributed by atoms with Crippen molar-refractivity contribution in [1.82, 2.24) is 5.32 Å². The lowest BCUT2D eigenvalue weighted by atomic mass is 10.1. The van der Waals surface area contributed by atoms with Gasteiger partial charge in [0.25, 0.3) is 0 Å². The van der Waals surface area contributed by atoms with Crippen LogP contribution in [0.25, 0.3) is 0 Å². The minimum Gasteiger partial charge on any atom is -0.381 e. The molecule has 0 aromatic heterocycles. The second kappa shape index (κ2) is 3.31. The highest BCUT2D eigenvalue weighted by atomic mass is 16.5. The smallest absolute Gasteiger partial charge is 0.176 e. The third-order valence-electron chi connectivity index (χ3n) is 1.49. The van der Waals surface area contributed by atoms with Crippen molar-refractivity contribution in [3.8, 4) is 6.19 Å². The highest BCUT2D eigenvalue weighted by Crippen LogP contribution is 2.04. The van der Waals surface area contributed by atoms with E-state index in [1.807, 2.05) is 6.19 Å². The first-order valence-corrected chi connectivity index (χ1v) is 3.16. The van der Waals surface area contributed by atoms with Crippen LogP contribution in [0.4, 0.5) is 0 Å². The van der Waals surface area contributed by atoms with Gasteiger partial charge in [-0.1, -0.05) is 0 Å². The Morgan fingerprint density at radius 3 is 2.67 bits per heavy atom. The molecule has 0 unspecified atom stereocenters. The van der Waals surface area contributed by atoms with Crippen molar-refractivity contribution in [2.45, 2.75) is 18.9 Å². The number of hydrogen-bond acceptors (Lipinski definition) is 3. The Kier molecular flexibility index (Phi) is 2.34. The van der Waals surface area contributed by atoms with Crippen molar-refractivity contribution in [3.63, 3.8) is 0 Å². The van der Waals surface area contributed by atoms with Gasteiger partial charge in [-0.3, -0.25) is 0 Å². The van der Waals surface area contributed by atoms with E-state index >= 15 is 0 Å². The van der Waals surface area contributed by atoms with Gasteiger partial charge in [-0.15, -0.1) is 0 Å². The fourth-order valence-corrected chi connectivity index (χ4v) is 0.933. The standard InChI is InChI=1S/C6H10N2O/c7-5-8-6-1-3-9-4-2-6/h6,8H,1-4H2. The molecule has 1 heterocycles. The average molecular weight is 126 g/mol. The Labute approximate surface area is 54.6 Å². The maximum Gasteiger partial charge on any atom is 0.176 e. The molecule has 0 atom stereocenters. The van der Waals surface area contributed by atoms with Gasteiger partial charge in [0.15, 0.2) is 6.19 Å². The molecule has 1 N–H and O–H groups in total. The van der Waals surface area contributed by atoms with Crippen molar-refractivity contribution in [1.29, 1.82) is 5.26 Å². The first kappa shape index (κ1) is 6.37. The van der Waals surface area contributed by atoms with Gasteiger partial charge >= 0.3 is 0 Å². The molecule has 0 aromatic carbocycles. The lowest BCUT2D eigenvalue weighted by molar-refractivity contribution is 0.0817. The van der Waals surface area contributed by atoms with E-state index in [1.54, 1.807) is 0 Å². The van der Waals surface area contributed by atoms with Crippen molar-refractivity contribution < 1.29 is 4.74 Å². The quantitative estimate of drug-likeness (QED) is 0.404. The van der Waals surface area contributed by atoms with E-state index in [2.05, 4.69) is 5.32 Å². The van der Waals surface area contributed by atoms with Gasteiger partial charge in [0.2, 0.25) is 0 Å². The van der Waals surface area contributed by atoms with Crippen LogP contribution in [0, 0.1) is 11.5 Å². The summed E-state index contributed by atoms with van der Waals surface area (Å²) in [5, 5.41) is 10.9. The lowest BCUT2D eigenvalue weighted by Gasteiger charge is -2.19. The summed E-state index contributed by atoms with van der Waals surface area (Å²) >= 11 is 0. The van der Waals surface area contributed by atoms with E-state index < -0.39 is 0 Å². The van der Waals surface area contributed by atoms with E-state index in [1.165, 1.54) is 0 Å². The lowest BCUT2D eigenvalue weighted by Crippen LogP contribution is -2.31. The van der Waals surface area contributed by atoms with Gasteiger partial charge in [-0.25, -0.2) is 0 Å². The van der Waals surface area contributed by atoms with Crippen LogP contribution >= 0.6 is 0 Å². The monoisotopic (exact) mass is 126 g/mol. The molecule has 1 aliphatic rings. The largest absolute Gasteiger partial charge is 0.381 e. The van der Waals surface area contributed by atoms with Crippen molar-refractivity contribution in [2.75, 3.05) is 13.2 Å². The zero-order valence-corrected chi connectivity index (χ0v) is 5.26. The molecule has 0 saturated carbocycles. The third kappa shape index (κ3) is 1.90. The van der Waals surface area contributed by atoms with Crippen LogP contribution in [0.1, 0.15) is 12.8 Å². The maximum atomic E-state index is 8.22. The Hall–Kier alpha value is -0.750. The van der Waals surface area contributed by atoms with Gasteiger partial charge in [0, 0.05) is 19.3 Å². The molecule has 1 aliphatic heterocycles. The third-order valence-corrected chi connectivity index (χ3v) is 1.49. The number of ether oxygens (including phenoxy) is 1. The van der Waals surface area contributed by atoms with Gasteiger partial charge in [0.1, 0.15) is 0 Å². The Balaban J connectivity index is 2.17. The molecule has 50 valence electrons. The summed E-state index contributed by atoms with van der Waals surface area (Å²) in [5.74, 6) is 0. The van der Waals surface area contributed by atoms with Gasteiger partial charge < -0.3 is 10.1 Å². The Morgan fingerprint density at radius 1 is 1.44 bits per heavy atom. The van der Waals surface area contributed by atoms with E-state index in [0.717, 1.165) is 26.1 Å². The van der Waals surface area contributed by atoms with E-state index in [0.29, 0.717) is 6.04 Å². The fraction of sp³-hybridized carbons (Fsp3) is 0.833. The zero-order chi connectivity index (χ0) is 6.53. The molecular weight excluding hydrogens is 116 g/mol. The first-order valence-electron chi connectivity index (χ1n) is 3.16. The minimum absolute atomic E-state index is 0.365. The Morgan fingerprint density at radius 2 is 2.11 bits per heavy atom. The SMILES string of the molecule is N#CNC1CCOCC1. The van der Waals surface area contributed by atoms with Gasteiger partial charge in [-0.2, -0.15) is 5.26 Å². The van der Waals surface area contributed by atoms with Crippen LogP contribution in [-0.4, -0.2) is 19.3 Å². The second-order valence-corrected chi connectivity index (χ2v) is 2.14. The normalized spacial score (nSPS) is 20.8. The van der Waals surface area contributed by atoms with Gasteiger partial charge in [0.05, 0.1) is 0 Å². The van der Waals surface area contributed by atoms with Crippen LogP contribution in [0.5, 0.6) is 0 Å². The van der Waals surface area contributed by atoms with Crippen LogP contribution in [0.3, 0.4) is 0 Å². The highest BCUT2D eigenvalue weighted by molar-refractivity contribution is 4.77. The fourth-order valence-electron chi connectivity index (χ4n) is 0.933. The molecule has 0 aromatic rings. The number of nitriles is 1. The Bertz CT molecular complexity index is 113. The average Bonchev–Trinajstić information content (AvgIpc) is 1.91. The summed E-state index contributed by atoms with van der Waals surface area (Å²) < 4.78 is 5.10. The maximum absolute atomic E-state index is 8.22. The molecule has 0 spiro atoms. The number of rotatable bonds is 1. The van der Waals surface area contributed by atoms with E-state index in [4.69, 9.17) is 10.00 Å². The molecule has 3 nitrogen and oxygen atoms in total. The summed E-state index contributed by atoms with van der Waals surface area (Å²) in [6.45, 7) is 1.58. The zero-order valence-electron chi connectivity index (χ0n) is 5.26. The molecule has 1 saturated heterocycles. The van der Waals surface area contributed by atoms with Crippen molar-refractivity contribution in [3.05, 3.63) is 0 Å². The topological polar surface area (TPSA) is 45.0 Å². The molecule has 1 rings (SSSR count). The number of hydrogen-bond donors (Lipinski definition) is 1. The molecule has 0 bridgehead atoms. The van der Waals surface area contributed by atoms with E-state index in [-0.39, 0.29) is 0 Å². The minimum atomic E-state index is 0.365. The van der Waals surface area contributed by atoms with Crippen LogP contribution in [-0.2, 0) is 4.74 Å². The highest BCUT2D eigenvalue weighted by Gasteiger charge is 2.11. The van der Waals surface area contributed by atoms with E-state index in [9.17, 15) is 0 Å². The molecular formula is C6H10N2O. The van der Waals surface area contributed by atoms with Gasteiger partial charge in [-0.05, 0) is 12.8 Å². The summed E-state index contributed by atoms with van der Waals surface area (Å²) in [6.07, 6.45) is 3.86. The summed E-state index contributed by atoms with van der Waals surface area (Å²) in [7, 11) is 0. The predicted octanol–water partition coefficient (Wildman–Crippen LogP) is 0.236. The first-order chi connectivity index (χ1) is 4.43. The molecule has 0 radical (unpaired) electrons. The predicted molar refractivity (Wildman–Crippen MR) is 32.6 cm³/mol. The van der Waals surface area contributed by atoms with Crippen LogP contribution < -0.4 is 5.32 Å². The molecule has 0 aliphatic carbocycles. The molecule has 1 fully saturated rings. The molecule has 9 heavy (non-hydrogen) atoms.